The van der Waals surface area contributed by atoms with Crippen LogP contribution in [-0.2, 0) is 11.3 Å². The van der Waals surface area contributed by atoms with Gasteiger partial charge in [0.05, 0.1) is 35.0 Å². The van der Waals surface area contributed by atoms with E-state index in [1.54, 1.807) is 33.4 Å². The van der Waals surface area contributed by atoms with Crippen molar-refractivity contribution in [3.8, 4) is 6.07 Å². The van der Waals surface area contributed by atoms with E-state index >= 15 is 0 Å². The van der Waals surface area contributed by atoms with Crippen LogP contribution in [0.1, 0.15) is 38.8 Å². The lowest BCUT2D eigenvalue weighted by atomic mass is 9.96. The lowest BCUT2D eigenvalue weighted by molar-refractivity contribution is 0.0359. The fraction of sp³-hybridized carbons (Fsp3) is 0.435. The molecule has 34 heavy (non-hydrogen) atoms. The minimum absolute atomic E-state index is 0.266. The third-order valence-corrected chi connectivity index (χ3v) is 8.70. The molecule has 1 aromatic carbocycles. The van der Waals surface area contributed by atoms with Crippen molar-refractivity contribution in [3.05, 3.63) is 46.4 Å². The highest BCUT2D eigenvalue weighted by molar-refractivity contribution is 8.22. The lowest BCUT2D eigenvalue weighted by Gasteiger charge is -2.44. The number of hydrogen-bond donors (Lipinski definition) is 4. The number of H-pyrrole nitrogens is 1. The summed E-state index contributed by atoms with van der Waals surface area (Å²) in [6.07, 6.45) is 2.18. The molecule has 2 aromatic heterocycles. The molecule has 4 N–H and O–H groups in total. The predicted octanol–water partition coefficient (Wildman–Crippen LogP) is 4.21. The van der Waals surface area contributed by atoms with Crippen LogP contribution in [0.25, 0.3) is 10.9 Å². The molecule has 0 spiro atoms. The minimum Gasteiger partial charge on any atom is -0.379 e. The molecule has 2 unspecified atom stereocenters. The zero-order valence-corrected chi connectivity index (χ0v) is 20.1. The Balaban J connectivity index is 1.54. The highest BCUT2D eigenvalue weighted by Crippen LogP contribution is 2.61. The van der Waals surface area contributed by atoms with Crippen LogP contribution < -0.4 is 10.9 Å². The summed E-state index contributed by atoms with van der Waals surface area (Å²) < 4.78 is 30.7. The quantitative estimate of drug-likeness (QED) is 0.434. The molecule has 1 saturated heterocycles. The average Bonchev–Trinajstić information content (AvgIpc) is 3.29. The number of hydrogen-bond acceptors (Lipinski definition) is 8. The first kappa shape index (κ1) is 22.9. The second kappa shape index (κ2) is 8.11. The van der Waals surface area contributed by atoms with E-state index in [0.717, 1.165) is 5.56 Å². The summed E-state index contributed by atoms with van der Waals surface area (Å²) >= 11 is 0. The van der Waals surface area contributed by atoms with Crippen LogP contribution >= 0.6 is 10.8 Å². The molecular formula is C23H28N6O4S. The zero-order chi connectivity index (χ0) is 24.3. The topological polar surface area (TPSA) is 139 Å². The molecule has 2 aliphatic heterocycles. The fourth-order valence-electron chi connectivity index (χ4n) is 4.72. The maximum absolute atomic E-state index is 12.7. The Morgan fingerprint density at radius 3 is 2.85 bits per heavy atom. The van der Waals surface area contributed by atoms with Crippen molar-refractivity contribution >= 4 is 33.2 Å². The monoisotopic (exact) mass is 484 g/mol. The number of aromatic nitrogens is 3. The smallest absolute Gasteiger partial charge is 0.261 e. The van der Waals surface area contributed by atoms with Crippen LogP contribution in [0.15, 0.2) is 40.2 Å². The SMILES string of the molecule is CC(C)(C)N1Cc2cc(Nc3nn(C4COCCC4C#N)c4cc[nH]c(=O)c34)ccc2S1(O)O. The second-order valence-corrected chi connectivity index (χ2v) is 11.6. The van der Waals surface area contributed by atoms with Crippen molar-refractivity contribution in [1.29, 1.82) is 5.26 Å². The standard InChI is InChI=1S/C23H28N6O4S/c1-23(2,3)28-12-15-10-16(4-5-19(15)34(28,31)32)26-21-20-17(6-8-25-22(20)30)29(27-21)18-13-33-9-7-14(18)11-24/h4-6,8,10,14,18,31-32H,7,9,12-13H2,1-3H3,(H,25,30)(H,26,27). The van der Waals surface area contributed by atoms with Gasteiger partial charge in [0.2, 0.25) is 0 Å². The maximum Gasteiger partial charge on any atom is 0.261 e. The summed E-state index contributed by atoms with van der Waals surface area (Å²) in [6, 6.07) is 9.15. The molecule has 0 bridgehead atoms. The van der Waals surface area contributed by atoms with Crippen LogP contribution in [0, 0.1) is 17.2 Å². The highest BCUT2D eigenvalue weighted by Gasteiger charge is 2.41. The van der Waals surface area contributed by atoms with E-state index in [9.17, 15) is 19.2 Å². The molecule has 4 heterocycles. The molecule has 5 rings (SSSR count). The predicted molar refractivity (Wildman–Crippen MR) is 130 cm³/mol. The Kier molecular flexibility index (Phi) is 5.46. The molecule has 10 nitrogen and oxygen atoms in total. The Morgan fingerprint density at radius 1 is 1.32 bits per heavy atom. The van der Waals surface area contributed by atoms with Gasteiger partial charge in [0.15, 0.2) is 5.82 Å². The van der Waals surface area contributed by atoms with E-state index in [0.29, 0.717) is 53.5 Å². The number of nitrogens with zero attached hydrogens (tertiary/aromatic N) is 4. The van der Waals surface area contributed by atoms with Crippen LogP contribution in [0.4, 0.5) is 11.5 Å². The number of benzene rings is 1. The van der Waals surface area contributed by atoms with Crippen LogP contribution in [-0.4, -0.2) is 46.9 Å². The van der Waals surface area contributed by atoms with Crippen LogP contribution in [0.2, 0.25) is 0 Å². The molecule has 0 aliphatic carbocycles. The molecular weight excluding hydrogens is 456 g/mol. The van der Waals surface area contributed by atoms with Gasteiger partial charge in [-0.1, -0.05) is 0 Å². The average molecular weight is 485 g/mol. The van der Waals surface area contributed by atoms with Crippen molar-refractivity contribution in [3.63, 3.8) is 0 Å². The molecule has 0 saturated carbocycles. The van der Waals surface area contributed by atoms with E-state index < -0.39 is 16.3 Å². The molecule has 3 aromatic rings. The maximum atomic E-state index is 12.7. The summed E-state index contributed by atoms with van der Waals surface area (Å²) in [6.45, 7) is 7.11. The van der Waals surface area contributed by atoms with Crippen molar-refractivity contribution < 1.29 is 13.8 Å². The fourth-order valence-corrected chi connectivity index (χ4v) is 6.77. The van der Waals surface area contributed by atoms with Gasteiger partial charge in [-0.25, -0.2) is 0 Å². The van der Waals surface area contributed by atoms with Gasteiger partial charge in [0.1, 0.15) is 5.39 Å². The number of anilines is 2. The Hall–Kier alpha value is -2.88. The molecule has 2 aliphatic rings. The molecule has 11 heteroatoms. The van der Waals surface area contributed by atoms with Gasteiger partial charge in [-0.3, -0.25) is 18.6 Å². The van der Waals surface area contributed by atoms with Crippen LogP contribution in [0.3, 0.4) is 0 Å². The normalized spacial score (nSPS) is 23.4. The summed E-state index contributed by atoms with van der Waals surface area (Å²) in [5.74, 6) is 0.105. The van der Waals surface area contributed by atoms with Gasteiger partial charge in [-0.05, 0) is 57.0 Å². The molecule has 0 radical (unpaired) electrons. The Labute approximate surface area is 198 Å². The molecule has 0 amide bonds. The number of nitrogens with one attached hydrogen (secondary N) is 2. The number of rotatable bonds is 3. The first-order valence-corrected chi connectivity index (χ1v) is 12.6. The lowest BCUT2D eigenvalue weighted by Crippen LogP contribution is -2.39. The van der Waals surface area contributed by atoms with Gasteiger partial charge in [-0.2, -0.15) is 14.7 Å². The van der Waals surface area contributed by atoms with Gasteiger partial charge in [0, 0.05) is 30.6 Å². The van der Waals surface area contributed by atoms with Gasteiger partial charge in [-0.15, -0.1) is 10.8 Å². The van der Waals surface area contributed by atoms with Gasteiger partial charge >= 0.3 is 0 Å². The van der Waals surface area contributed by atoms with Crippen molar-refractivity contribution in [2.45, 2.75) is 50.2 Å². The second-order valence-electron chi connectivity index (χ2n) is 9.70. The summed E-state index contributed by atoms with van der Waals surface area (Å²) in [4.78, 5) is 16.0. The van der Waals surface area contributed by atoms with E-state index in [1.165, 1.54) is 0 Å². The van der Waals surface area contributed by atoms with Crippen LogP contribution in [0.5, 0.6) is 0 Å². The molecule has 180 valence electrons. The zero-order valence-electron chi connectivity index (χ0n) is 19.3. The third kappa shape index (κ3) is 3.68. The first-order valence-electron chi connectivity index (χ1n) is 11.1. The van der Waals surface area contributed by atoms with Crippen molar-refractivity contribution in [2.24, 2.45) is 5.92 Å². The van der Waals surface area contributed by atoms with Crippen molar-refractivity contribution in [1.82, 2.24) is 19.1 Å². The number of nitriles is 1. The summed E-state index contributed by atoms with van der Waals surface area (Å²) in [5, 5.41) is 18.0. The minimum atomic E-state index is -3.07. The number of fused-ring (bicyclic) bond motifs is 2. The summed E-state index contributed by atoms with van der Waals surface area (Å²) in [7, 11) is -3.07. The number of pyridine rings is 1. The van der Waals surface area contributed by atoms with Crippen molar-refractivity contribution in [2.75, 3.05) is 18.5 Å². The molecule has 1 fully saturated rings. The van der Waals surface area contributed by atoms with E-state index in [-0.39, 0.29) is 17.5 Å². The third-order valence-electron chi connectivity index (χ3n) is 6.42. The van der Waals surface area contributed by atoms with E-state index in [2.05, 4.69) is 16.4 Å². The molecule has 2 atom stereocenters. The number of aromatic amines is 1. The Morgan fingerprint density at radius 2 is 2.12 bits per heavy atom. The first-order chi connectivity index (χ1) is 16.1. The largest absolute Gasteiger partial charge is 0.379 e. The van der Waals surface area contributed by atoms with E-state index in [1.807, 2.05) is 26.8 Å². The van der Waals surface area contributed by atoms with Gasteiger partial charge in [0.25, 0.3) is 5.56 Å². The Bertz CT molecular complexity index is 1350. The summed E-state index contributed by atoms with van der Waals surface area (Å²) in [5.41, 5.74) is 1.40. The van der Waals surface area contributed by atoms with Gasteiger partial charge < -0.3 is 15.0 Å². The highest BCUT2D eigenvalue weighted by atomic mass is 32.3. The van der Waals surface area contributed by atoms with E-state index in [4.69, 9.17) is 9.84 Å². The number of ether oxygens (including phenoxy) is 1.